The van der Waals surface area contributed by atoms with Gasteiger partial charge in [-0.15, -0.1) is 0 Å². The standard InChI is InChI=1S/C9H7BrCl2O2/c1-2-14-9(13)7-5(10)3-4-6(11)8(7)12/h3-4H,2H2,1H3. The van der Waals surface area contributed by atoms with Crippen molar-refractivity contribution >= 4 is 45.1 Å². The number of rotatable bonds is 2. The van der Waals surface area contributed by atoms with Crippen molar-refractivity contribution in [3.63, 3.8) is 0 Å². The molecule has 0 fully saturated rings. The van der Waals surface area contributed by atoms with E-state index in [1.165, 1.54) is 0 Å². The van der Waals surface area contributed by atoms with E-state index < -0.39 is 5.97 Å². The third-order valence-electron chi connectivity index (χ3n) is 1.52. The molecule has 0 aliphatic heterocycles. The Balaban J connectivity index is 3.18. The molecule has 0 atom stereocenters. The maximum atomic E-state index is 11.4. The van der Waals surface area contributed by atoms with Crippen LogP contribution in [-0.4, -0.2) is 12.6 Å². The highest BCUT2D eigenvalue weighted by Crippen LogP contribution is 2.31. The smallest absolute Gasteiger partial charge is 0.340 e. The van der Waals surface area contributed by atoms with E-state index in [9.17, 15) is 4.79 Å². The van der Waals surface area contributed by atoms with E-state index in [-0.39, 0.29) is 10.6 Å². The minimum atomic E-state index is -0.480. The molecule has 0 aromatic heterocycles. The van der Waals surface area contributed by atoms with Gasteiger partial charge in [-0.25, -0.2) is 4.79 Å². The fraction of sp³-hybridized carbons (Fsp3) is 0.222. The Hall–Kier alpha value is -0.250. The molecule has 1 rings (SSSR count). The molecule has 5 heteroatoms. The van der Waals surface area contributed by atoms with Crippen LogP contribution in [0.3, 0.4) is 0 Å². The number of esters is 1. The molecule has 0 spiro atoms. The van der Waals surface area contributed by atoms with Crippen molar-refractivity contribution in [2.45, 2.75) is 6.92 Å². The van der Waals surface area contributed by atoms with Crippen LogP contribution in [-0.2, 0) is 4.74 Å². The lowest BCUT2D eigenvalue weighted by atomic mass is 10.2. The van der Waals surface area contributed by atoms with Crippen molar-refractivity contribution in [1.29, 1.82) is 0 Å². The van der Waals surface area contributed by atoms with Gasteiger partial charge in [0.15, 0.2) is 0 Å². The molecule has 0 aliphatic carbocycles. The highest BCUT2D eigenvalue weighted by molar-refractivity contribution is 9.10. The quantitative estimate of drug-likeness (QED) is 0.611. The van der Waals surface area contributed by atoms with Crippen molar-refractivity contribution in [3.8, 4) is 0 Å². The Morgan fingerprint density at radius 2 is 2.14 bits per heavy atom. The molecule has 1 aromatic carbocycles. The molecule has 0 saturated heterocycles. The second kappa shape index (κ2) is 5.01. The Labute approximate surface area is 100 Å². The van der Waals surface area contributed by atoms with E-state index in [0.717, 1.165) is 0 Å². The van der Waals surface area contributed by atoms with Gasteiger partial charge in [-0.2, -0.15) is 0 Å². The highest BCUT2D eigenvalue weighted by atomic mass is 79.9. The largest absolute Gasteiger partial charge is 0.462 e. The normalized spacial score (nSPS) is 10.0. The van der Waals surface area contributed by atoms with Gasteiger partial charge in [0.2, 0.25) is 0 Å². The van der Waals surface area contributed by atoms with Crippen LogP contribution in [0.15, 0.2) is 16.6 Å². The van der Waals surface area contributed by atoms with Gasteiger partial charge in [0.1, 0.15) is 0 Å². The number of benzene rings is 1. The molecule has 0 saturated carbocycles. The molecule has 0 radical (unpaired) electrons. The molecule has 0 heterocycles. The first-order valence-electron chi connectivity index (χ1n) is 3.88. The number of hydrogen-bond acceptors (Lipinski definition) is 2. The molecule has 0 aliphatic rings. The van der Waals surface area contributed by atoms with Crippen molar-refractivity contribution in [1.82, 2.24) is 0 Å². The summed E-state index contributed by atoms with van der Waals surface area (Å²) < 4.78 is 5.41. The fourth-order valence-electron chi connectivity index (χ4n) is 0.917. The third kappa shape index (κ3) is 2.41. The first-order valence-corrected chi connectivity index (χ1v) is 5.43. The second-order valence-corrected chi connectivity index (χ2v) is 4.08. The van der Waals surface area contributed by atoms with Crippen LogP contribution in [0.4, 0.5) is 0 Å². The fourth-order valence-corrected chi connectivity index (χ4v) is 1.92. The van der Waals surface area contributed by atoms with E-state index in [1.807, 2.05) is 0 Å². The van der Waals surface area contributed by atoms with Crippen LogP contribution in [0.1, 0.15) is 17.3 Å². The summed E-state index contributed by atoms with van der Waals surface area (Å²) in [6, 6.07) is 3.26. The Morgan fingerprint density at radius 1 is 1.50 bits per heavy atom. The summed E-state index contributed by atoms with van der Waals surface area (Å²) in [7, 11) is 0. The number of carbonyl (C=O) groups excluding carboxylic acids is 1. The van der Waals surface area contributed by atoms with Gasteiger partial charge in [-0.1, -0.05) is 23.2 Å². The third-order valence-corrected chi connectivity index (χ3v) is 2.99. The summed E-state index contributed by atoms with van der Waals surface area (Å²) in [4.78, 5) is 11.4. The number of ether oxygens (including phenoxy) is 1. The van der Waals surface area contributed by atoms with Gasteiger partial charge in [0.05, 0.1) is 22.2 Å². The van der Waals surface area contributed by atoms with Crippen molar-refractivity contribution < 1.29 is 9.53 Å². The monoisotopic (exact) mass is 296 g/mol. The molecule has 0 amide bonds. The molecular weight excluding hydrogens is 291 g/mol. The first kappa shape index (κ1) is 11.8. The number of hydrogen-bond donors (Lipinski definition) is 0. The summed E-state index contributed by atoms with van der Waals surface area (Å²) in [5.41, 5.74) is 0.265. The maximum Gasteiger partial charge on any atom is 0.340 e. The van der Waals surface area contributed by atoms with Gasteiger partial charge in [0.25, 0.3) is 0 Å². The lowest BCUT2D eigenvalue weighted by molar-refractivity contribution is 0.0525. The Morgan fingerprint density at radius 3 is 2.71 bits per heavy atom. The maximum absolute atomic E-state index is 11.4. The van der Waals surface area contributed by atoms with Crippen LogP contribution < -0.4 is 0 Å². The van der Waals surface area contributed by atoms with Crippen LogP contribution in [0.25, 0.3) is 0 Å². The summed E-state index contributed by atoms with van der Waals surface area (Å²) in [6.07, 6.45) is 0. The molecular formula is C9H7BrCl2O2. The van der Waals surface area contributed by atoms with E-state index in [4.69, 9.17) is 27.9 Å². The van der Waals surface area contributed by atoms with Gasteiger partial charge in [0, 0.05) is 4.47 Å². The molecule has 76 valence electrons. The SMILES string of the molecule is CCOC(=O)c1c(Br)ccc(Cl)c1Cl. The molecule has 1 aromatic rings. The van der Waals surface area contributed by atoms with Crippen LogP contribution in [0, 0.1) is 0 Å². The zero-order chi connectivity index (χ0) is 10.7. The average Bonchev–Trinajstić information content (AvgIpc) is 2.13. The molecule has 0 bridgehead atoms. The Kier molecular flexibility index (Phi) is 4.23. The van der Waals surface area contributed by atoms with E-state index in [0.29, 0.717) is 16.1 Å². The second-order valence-electron chi connectivity index (χ2n) is 2.44. The Bertz CT molecular complexity index is 366. The summed E-state index contributed by atoms with van der Waals surface area (Å²) in [5.74, 6) is -0.480. The predicted octanol–water partition coefficient (Wildman–Crippen LogP) is 3.93. The minimum Gasteiger partial charge on any atom is -0.462 e. The first-order chi connectivity index (χ1) is 6.57. The molecule has 0 N–H and O–H groups in total. The van der Waals surface area contributed by atoms with Crippen LogP contribution in [0.5, 0.6) is 0 Å². The summed E-state index contributed by atoms with van der Waals surface area (Å²) >= 11 is 14.8. The predicted molar refractivity (Wildman–Crippen MR) is 60.1 cm³/mol. The van der Waals surface area contributed by atoms with E-state index in [2.05, 4.69) is 15.9 Å². The van der Waals surface area contributed by atoms with Crippen molar-refractivity contribution in [3.05, 3.63) is 32.2 Å². The van der Waals surface area contributed by atoms with E-state index >= 15 is 0 Å². The van der Waals surface area contributed by atoms with Crippen LogP contribution >= 0.6 is 39.1 Å². The molecule has 14 heavy (non-hydrogen) atoms. The van der Waals surface area contributed by atoms with Gasteiger partial charge in [-0.3, -0.25) is 0 Å². The zero-order valence-electron chi connectivity index (χ0n) is 7.31. The lowest BCUT2D eigenvalue weighted by Gasteiger charge is -2.07. The van der Waals surface area contributed by atoms with Gasteiger partial charge >= 0.3 is 5.97 Å². The van der Waals surface area contributed by atoms with Crippen LogP contribution in [0.2, 0.25) is 10.0 Å². The number of halogens is 3. The number of carbonyl (C=O) groups is 1. The van der Waals surface area contributed by atoms with Crippen molar-refractivity contribution in [2.75, 3.05) is 6.61 Å². The van der Waals surface area contributed by atoms with Gasteiger partial charge < -0.3 is 4.74 Å². The molecule has 0 unspecified atom stereocenters. The topological polar surface area (TPSA) is 26.3 Å². The van der Waals surface area contributed by atoms with Gasteiger partial charge in [-0.05, 0) is 35.0 Å². The molecule has 2 nitrogen and oxygen atoms in total. The minimum absolute atomic E-state index is 0.208. The average molecular weight is 298 g/mol. The van der Waals surface area contributed by atoms with Crippen molar-refractivity contribution in [2.24, 2.45) is 0 Å². The lowest BCUT2D eigenvalue weighted by Crippen LogP contribution is -2.06. The zero-order valence-corrected chi connectivity index (χ0v) is 10.4. The summed E-state index contributed by atoms with van der Waals surface area (Å²) in [5, 5.41) is 0.539. The highest BCUT2D eigenvalue weighted by Gasteiger charge is 2.17. The van der Waals surface area contributed by atoms with E-state index in [1.54, 1.807) is 19.1 Å². The summed E-state index contributed by atoms with van der Waals surface area (Å²) in [6.45, 7) is 2.03.